The minimum atomic E-state index is -4.02. The number of hydrogen-bond acceptors (Lipinski definition) is 6. The average molecular weight is 581 g/mol. The highest BCUT2D eigenvalue weighted by Gasteiger charge is 2.28. The van der Waals surface area contributed by atoms with Gasteiger partial charge in [-0.3, -0.25) is 0 Å². The molecule has 0 bridgehead atoms. The van der Waals surface area contributed by atoms with E-state index in [1.807, 2.05) is 67.2 Å². The molecule has 6 aromatic rings. The Morgan fingerprint density at radius 2 is 1.57 bits per heavy atom. The first kappa shape index (κ1) is 27.6. The van der Waals surface area contributed by atoms with E-state index in [9.17, 15) is 8.42 Å². The van der Waals surface area contributed by atoms with Crippen LogP contribution in [-0.2, 0) is 30.2 Å². The molecule has 1 N–H and O–H groups in total. The highest BCUT2D eigenvalue weighted by Crippen LogP contribution is 2.41. The Labute approximate surface area is 245 Å². The van der Waals surface area contributed by atoms with Crippen molar-refractivity contribution in [1.29, 1.82) is 0 Å². The van der Waals surface area contributed by atoms with Crippen LogP contribution in [0.3, 0.4) is 0 Å². The number of benzene rings is 3. The SMILES string of the molecule is COc1cc2c(-c3cc4c(CNCc5ccccc5)ccnc4n3S(=O)(=O)c3ccc(C)cc3)cn(C)c2cc1OC. The Morgan fingerprint density at radius 1 is 0.857 bits per heavy atom. The summed E-state index contributed by atoms with van der Waals surface area (Å²) in [6.07, 6.45) is 3.61. The van der Waals surface area contributed by atoms with Gasteiger partial charge in [0.2, 0.25) is 0 Å². The topological polar surface area (TPSA) is 87.4 Å². The number of ether oxygens (including phenoxy) is 2. The molecule has 0 unspecified atom stereocenters. The lowest BCUT2D eigenvalue weighted by molar-refractivity contribution is 0.355. The van der Waals surface area contributed by atoms with Gasteiger partial charge in [0.15, 0.2) is 17.1 Å². The fraction of sp³-hybridized carbons (Fsp3) is 0.182. The van der Waals surface area contributed by atoms with Gasteiger partial charge in [0.1, 0.15) is 0 Å². The number of fused-ring (bicyclic) bond motifs is 2. The van der Waals surface area contributed by atoms with E-state index in [1.54, 1.807) is 44.7 Å². The molecule has 3 heterocycles. The second kappa shape index (κ2) is 11.0. The molecule has 0 atom stereocenters. The molecule has 0 fully saturated rings. The Bertz CT molecular complexity index is 2010. The molecule has 0 aliphatic heterocycles. The van der Waals surface area contributed by atoms with E-state index in [2.05, 4.69) is 22.4 Å². The number of nitrogens with zero attached hydrogens (tertiary/aromatic N) is 3. The van der Waals surface area contributed by atoms with Gasteiger partial charge >= 0.3 is 0 Å². The quantitative estimate of drug-likeness (QED) is 0.224. The maximum atomic E-state index is 14.3. The third-order valence-electron chi connectivity index (χ3n) is 7.57. The zero-order chi connectivity index (χ0) is 29.4. The first-order valence-corrected chi connectivity index (χ1v) is 15.0. The fourth-order valence-electron chi connectivity index (χ4n) is 5.38. The predicted molar refractivity (Wildman–Crippen MR) is 165 cm³/mol. The number of rotatable bonds is 9. The molecule has 0 saturated carbocycles. The smallest absolute Gasteiger partial charge is 0.269 e. The van der Waals surface area contributed by atoms with Gasteiger partial charge in [-0.2, -0.15) is 0 Å². The van der Waals surface area contributed by atoms with Crippen molar-refractivity contribution in [1.82, 2.24) is 18.8 Å². The van der Waals surface area contributed by atoms with Crippen molar-refractivity contribution in [3.63, 3.8) is 0 Å². The summed E-state index contributed by atoms with van der Waals surface area (Å²) in [5.74, 6) is 1.16. The number of nitrogens with one attached hydrogen (secondary N) is 1. The number of pyridine rings is 1. The zero-order valence-electron chi connectivity index (χ0n) is 24.0. The molecule has 42 heavy (non-hydrogen) atoms. The van der Waals surface area contributed by atoms with Crippen LogP contribution in [0.5, 0.6) is 11.5 Å². The van der Waals surface area contributed by atoms with E-state index in [0.29, 0.717) is 35.9 Å². The minimum absolute atomic E-state index is 0.195. The van der Waals surface area contributed by atoms with Crippen LogP contribution in [-0.4, -0.2) is 36.2 Å². The van der Waals surface area contributed by atoms with Gasteiger partial charge < -0.3 is 19.4 Å². The standard InChI is InChI=1S/C33H32N4O4S/c1-22-10-12-25(13-11-22)42(38,39)37-30(28-21-36(2)29-18-32(41-4)31(40-3)17-27(28)29)16-26-24(14-15-35-33(26)37)20-34-19-23-8-6-5-7-9-23/h5-18,21,34H,19-20H2,1-4H3. The molecule has 0 saturated heterocycles. The zero-order valence-corrected chi connectivity index (χ0v) is 24.8. The van der Waals surface area contributed by atoms with E-state index in [-0.39, 0.29) is 4.90 Å². The number of aryl methyl sites for hydroxylation is 2. The van der Waals surface area contributed by atoms with Gasteiger partial charge in [-0.1, -0.05) is 48.0 Å². The van der Waals surface area contributed by atoms with Crippen LogP contribution < -0.4 is 14.8 Å². The van der Waals surface area contributed by atoms with Gasteiger partial charge in [-0.15, -0.1) is 0 Å². The molecule has 0 aliphatic rings. The molecule has 3 aromatic carbocycles. The molecule has 0 spiro atoms. The first-order chi connectivity index (χ1) is 20.3. The van der Waals surface area contributed by atoms with Crippen molar-refractivity contribution >= 4 is 32.0 Å². The van der Waals surface area contributed by atoms with Crippen LogP contribution in [0.1, 0.15) is 16.7 Å². The molecular weight excluding hydrogens is 548 g/mol. The monoisotopic (exact) mass is 580 g/mol. The molecular formula is C33H32N4O4S. The number of aromatic nitrogens is 3. The number of methoxy groups -OCH3 is 2. The van der Waals surface area contributed by atoms with E-state index in [0.717, 1.165) is 33.0 Å². The summed E-state index contributed by atoms with van der Waals surface area (Å²) in [7, 11) is 1.09. The third-order valence-corrected chi connectivity index (χ3v) is 9.29. The highest BCUT2D eigenvalue weighted by atomic mass is 32.2. The van der Waals surface area contributed by atoms with Crippen LogP contribution in [0.15, 0.2) is 96.2 Å². The number of hydrogen-bond donors (Lipinski definition) is 1. The van der Waals surface area contributed by atoms with Crippen LogP contribution in [0.4, 0.5) is 0 Å². The maximum Gasteiger partial charge on any atom is 0.269 e. The second-order valence-electron chi connectivity index (χ2n) is 10.3. The molecule has 0 amide bonds. The third kappa shape index (κ3) is 4.80. The molecule has 6 rings (SSSR count). The van der Waals surface area contributed by atoms with Gasteiger partial charge in [0.25, 0.3) is 10.0 Å². The van der Waals surface area contributed by atoms with E-state index in [4.69, 9.17) is 9.47 Å². The lowest BCUT2D eigenvalue weighted by atomic mass is 10.1. The summed E-state index contributed by atoms with van der Waals surface area (Å²) >= 11 is 0. The van der Waals surface area contributed by atoms with Gasteiger partial charge in [-0.05, 0) is 48.4 Å². The van der Waals surface area contributed by atoms with Crippen molar-refractivity contribution < 1.29 is 17.9 Å². The van der Waals surface area contributed by atoms with Crippen molar-refractivity contribution in [3.05, 3.63) is 108 Å². The molecule has 3 aromatic heterocycles. The Morgan fingerprint density at radius 3 is 2.29 bits per heavy atom. The van der Waals surface area contributed by atoms with E-state index < -0.39 is 10.0 Å². The fourth-order valence-corrected chi connectivity index (χ4v) is 6.85. The summed E-state index contributed by atoms with van der Waals surface area (Å²) in [5.41, 5.74) is 5.62. The summed E-state index contributed by atoms with van der Waals surface area (Å²) in [5, 5.41) is 5.10. The van der Waals surface area contributed by atoms with Crippen molar-refractivity contribution in [2.45, 2.75) is 24.9 Å². The Kier molecular flexibility index (Phi) is 7.22. The molecule has 8 nitrogen and oxygen atoms in total. The first-order valence-electron chi connectivity index (χ1n) is 13.6. The van der Waals surface area contributed by atoms with E-state index >= 15 is 0 Å². The Hall–Kier alpha value is -4.60. The van der Waals surface area contributed by atoms with Crippen molar-refractivity contribution in [2.24, 2.45) is 7.05 Å². The van der Waals surface area contributed by atoms with Gasteiger partial charge in [-0.25, -0.2) is 17.4 Å². The summed E-state index contributed by atoms with van der Waals surface area (Å²) in [6.45, 7) is 3.16. The average Bonchev–Trinajstić information content (AvgIpc) is 3.55. The van der Waals surface area contributed by atoms with E-state index in [1.165, 1.54) is 9.54 Å². The van der Waals surface area contributed by atoms with Crippen LogP contribution >= 0.6 is 0 Å². The van der Waals surface area contributed by atoms with Crippen LogP contribution in [0, 0.1) is 6.92 Å². The summed E-state index contributed by atoms with van der Waals surface area (Å²) in [6, 6.07) is 24.7. The van der Waals surface area contributed by atoms with Crippen molar-refractivity contribution in [3.8, 4) is 22.8 Å². The normalized spacial score (nSPS) is 11.8. The molecule has 214 valence electrons. The lowest BCUT2D eigenvalue weighted by Crippen LogP contribution is -2.15. The van der Waals surface area contributed by atoms with Gasteiger partial charge in [0.05, 0.1) is 30.3 Å². The van der Waals surface area contributed by atoms with Crippen LogP contribution in [0.25, 0.3) is 33.2 Å². The lowest BCUT2D eigenvalue weighted by Gasteiger charge is -2.12. The van der Waals surface area contributed by atoms with Gasteiger partial charge in [0, 0.05) is 54.9 Å². The highest BCUT2D eigenvalue weighted by molar-refractivity contribution is 7.90. The molecule has 9 heteroatoms. The molecule has 0 aliphatic carbocycles. The summed E-state index contributed by atoms with van der Waals surface area (Å²) in [4.78, 5) is 4.81. The van der Waals surface area contributed by atoms with Crippen molar-refractivity contribution in [2.75, 3.05) is 14.2 Å². The molecule has 0 radical (unpaired) electrons. The second-order valence-corrected chi connectivity index (χ2v) is 12.1. The summed E-state index contributed by atoms with van der Waals surface area (Å²) < 4.78 is 43.2. The maximum absolute atomic E-state index is 14.3. The predicted octanol–water partition coefficient (Wildman–Crippen LogP) is 6.05. The largest absolute Gasteiger partial charge is 0.493 e. The Balaban J connectivity index is 1.56. The van der Waals surface area contributed by atoms with Crippen LogP contribution in [0.2, 0.25) is 0 Å². The minimum Gasteiger partial charge on any atom is -0.493 e.